The number of hydrogen-bond donors (Lipinski definition) is 3. The SMILES string of the molecule is CCC(C)CCCCCCCCCCC(=O)O[C@H](COC(=O)CCCCCCCCCCCCC(C)C)COP(=O)(O)OCC(O)COP(=O)(O)OC[C@@H](COC(=O)CCCCCCCCCC(C)C)OC(=O)CCCCCCCCCCC(C)C. The molecule has 0 aliphatic heterocycles. The molecule has 0 radical (unpaired) electrons. The number of carbonyl (C=O) groups excluding carboxylic acids is 4. The number of ether oxygens (including phenoxy) is 4. The van der Waals surface area contributed by atoms with Crippen LogP contribution in [0.4, 0.5) is 0 Å². The van der Waals surface area contributed by atoms with Gasteiger partial charge in [0.25, 0.3) is 0 Å². The normalized spacial score (nSPS) is 14.7. The van der Waals surface area contributed by atoms with Crippen molar-refractivity contribution in [3.05, 3.63) is 0 Å². The number of rotatable bonds is 64. The Morgan fingerprint density at radius 2 is 0.558 bits per heavy atom. The largest absolute Gasteiger partial charge is 0.472 e. The zero-order chi connectivity index (χ0) is 63.9. The van der Waals surface area contributed by atoms with Crippen molar-refractivity contribution in [1.29, 1.82) is 0 Å². The lowest BCUT2D eigenvalue weighted by Gasteiger charge is -2.21. The zero-order valence-electron chi connectivity index (χ0n) is 55.9. The van der Waals surface area contributed by atoms with E-state index in [9.17, 15) is 43.2 Å². The van der Waals surface area contributed by atoms with Gasteiger partial charge in [0, 0.05) is 25.7 Å². The van der Waals surface area contributed by atoms with Gasteiger partial charge >= 0.3 is 39.5 Å². The Kier molecular flexibility index (Phi) is 55.7. The second kappa shape index (κ2) is 57.0. The maximum Gasteiger partial charge on any atom is 0.472 e. The highest BCUT2D eigenvalue weighted by Gasteiger charge is 2.30. The van der Waals surface area contributed by atoms with Crippen LogP contribution >= 0.6 is 15.6 Å². The van der Waals surface area contributed by atoms with E-state index in [2.05, 4.69) is 55.4 Å². The third-order valence-electron chi connectivity index (χ3n) is 15.7. The molecule has 0 saturated carbocycles. The molecule has 0 saturated heterocycles. The predicted molar refractivity (Wildman–Crippen MR) is 344 cm³/mol. The van der Waals surface area contributed by atoms with Gasteiger partial charge in [-0.15, -0.1) is 0 Å². The van der Waals surface area contributed by atoms with Gasteiger partial charge in [-0.2, -0.15) is 0 Å². The van der Waals surface area contributed by atoms with Crippen molar-refractivity contribution in [2.24, 2.45) is 23.7 Å². The summed E-state index contributed by atoms with van der Waals surface area (Å²) in [5.74, 6) is 0.815. The molecule has 17 nitrogen and oxygen atoms in total. The van der Waals surface area contributed by atoms with Crippen molar-refractivity contribution >= 4 is 39.5 Å². The molecule has 0 aliphatic rings. The monoisotopic (exact) mass is 1270 g/mol. The van der Waals surface area contributed by atoms with E-state index in [0.29, 0.717) is 31.6 Å². The first kappa shape index (κ1) is 84.1. The molecule has 0 amide bonds. The van der Waals surface area contributed by atoms with Crippen molar-refractivity contribution in [2.45, 2.75) is 343 Å². The summed E-state index contributed by atoms with van der Waals surface area (Å²) in [6.07, 6.45) is 37.6. The van der Waals surface area contributed by atoms with E-state index in [0.717, 1.165) is 114 Å². The van der Waals surface area contributed by atoms with Crippen molar-refractivity contribution in [2.75, 3.05) is 39.6 Å². The van der Waals surface area contributed by atoms with Crippen LogP contribution in [0.2, 0.25) is 0 Å². The van der Waals surface area contributed by atoms with Gasteiger partial charge in [0.05, 0.1) is 26.4 Å². The second-order valence-corrected chi connectivity index (χ2v) is 28.8. The van der Waals surface area contributed by atoms with Crippen molar-refractivity contribution in [1.82, 2.24) is 0 Å². The topological polar surface area (TPSA) is 237 Å². The van der Waals surface area contributed by atoms with Crippen LogP contribution in [0.5, 0.6) is 0 Å². The standard InChI is InChI=1S/C67H130O17P2/c1-9-60(8)46-38-30-22-15-17-25-34-42-50-67(72)84-62(53-77-64(69)47-39-31-23-13-11-10-12-19-27-35-43-57(2)3)55-81-85(73,74)79-51-61(68)52-80-86(75,76)82-56-63(54-78-65(70)48-40-32-26-18-21-29-37-45-59(6)7)83-66(71)49-41-33-24-16-14-20-28-36-44-58(4)5/h57-63,68H,9-56H2,1-8H3,(H,73,74)(H,75,76)/t60?,61?,62-,63-/m1/s1. The van der Waals surface area contributed by atoms with Crippen LogP contribution in [0, 0.1) is 23.7 Å². The Hall–Kier alpha value is -1.94. The molecule has 3 N–H and O–H groups in total. The summed E-state index contributed by atoms with van der Waals surface area (Å²) in [5.41, 5.74) is 0. The molecule has 19 heteroatoms. The second-order valence-electron chi connectivity index (χ2n) is 25.9. The van der Waals surface area contributed by atoms with E-state index >= 15 is 0 Å². The molecule has 0 rings (SSSR count). The van der Waals surface area contributed by atoms with Crippen LogP contribution in [0.1, 0.15) is 325 Å². The van der Waals surface area contributed by atoms with Crippen molar-refractivity contribution in [3.8, 4) is 0 Å². The van der Waals surface area contributed by atoms with E-state index in [1.165, 1.54) is 122 Å². The summed E-state index contributed by atoms with van der Waals surface area (Å²) in [7, 11) is -9.90. The fourth-order valence-corrected chi connectivity index (χ4v) is 11.5. The Morgan fingerprint density at radius 1 is 0.326 bits per heavy atom. The molecule has 4 unspecified atom stereocenters. The Labute approximate surface area is 524 Å². The third kappa shape index (κ3) is 59.7. The van der Waals surface area contributed by atoms with Gasteiger partial charge in [-0.05, 0) is 49.4 Å². The smallest absolute Gasteiger partial charge is 0.462 e. The van der Waals surface area contributed by atoms with Gasteiger partial charge in [-0.3, -0.25) is 37.3 Å². The molecule has 0 spiro atoms. The van der Waals surface area contributed by atoms with Gasteiger partial charge in [0.15, 0.2) is 12.2 Å². The van der Waals surface area contributed by atoms with Gasteiger partial charge in [0.2, 0.25) is 0 Å². The first-order valence-corrected chi connectivity index (χ1v) is 37.7. The molecule has 86 heavy (non-hydrogen) atoms. The number of phosphoric acid groups is 2. The van der Waals surface area contributed by atoms with Crippen LogP contribution in [-0.2, 0) is 65.4 Å². The summed E-state index contributed by atoms with van der Waals surface area (Å²) >= 11 is 0. The lowest BCUT2D eigenvalue weighted by atomic mass is 9.99. The highest BCUT2D eigenvalue weighted by atomic mass is 31.2. The Morgan fingerprint density at radius 3 is 0.826 bits per heavy atom. The molecule has 0 aromatic carbocycles. The van der Waals surface area contributed by atoms with E-state index in [1.807, 2.05) is 0 Å². The maximum absolute atomic E-state index is 13.0. The highest BCUT2D eigenvalue weighted by molar-refractivity contribution is 7.47. The van der Waals surface area contributed by atoms with Crippen LogP contribution in [0.25, 0.3) is 0 Å². The number of esters is 4. The van der Waals surface area contributed by atoms with E-state index in [4.69, 9.17) is 37.0 Å². The molecule has 0 bridgehead atoms. The summed E-state index contributed by atoms with van der Waals surface area (Å²) in [5, 5.41) is 10.6. The van der Waals surface area contributed by atoms with Gasteiger partial charge < -0.3 is 33.8 Å². The minimum absolute atomic E-state index is 0.103. The van der Waals surface area contributed by atoms with E-state index in [-0.39, 0.29) is 25.7 Å². The minimum atomic E-state index is -4.95. The fourth-order valence-electron chi connectivity index (χ4n) is 9.93. The number of carbonyl (C=O) groups is 4. The van der Waals surface area contributed by atoms with Gasteiger partial charge in [0.1, 0.15) is 19.3 Å². The van der Waals surface area contributed by atoms with E-state index < -0.39 is 97.5 Å². The molecule has 6 atom stereocenters. The number of phosphoric ester groups is 2. The molecule has 510 valence electrons. The highest BCUT2D eigenvalue weighted by Crippen LogP contribution is 2.45. The minimum Gasteiger partial charge on any atom is -0.462 e. The van der Waals surface area contributed by atoms with Crippen molar-refractivity contribution < 1.29 is 80.2 Å². The summed E-state index contributed by atoms with van der Waals surface area (Å²) in [4.78, 5) is 72.4. The molecular formula is C67H130O17P2. The van der Waals surface area contributed by atoms with Crippen LogP contribution in [0.3, 0.4) is 0 Å². The van der Waals surface area contributed by atoms with Gasteiger partial charge in [-0.1, -0.05) is 274 Å². The first-order valence-electron chi connectivity index (χ1n) is 34.7. The molecule has 0 aromatic heterocycles. The van der Waals surface area contributed by atoms with Crippen LogP contribution < -0.4 is 0 Å². The maximum atomic E-state index is 13.0. The van der Waals surface area contributed by atoms with Gasteiger partial charge in [-0.25, -0.2) is 9.13 Å². The molecule has 0 aliphatic carbocycles. The number of aliphatic hydroxyl groups is 1. The number of aliphatic hydroxyl groups excluding tert-OH is 1. The summed E-state index contributed by atoms with van der Waals surface area (Å²) in [6.45, 7) is 14.0. The molecule has 0 fully saturated rings. The molecular weight excluding hydrogens is 1140 g/mol. The quantitative estimate of drug-likeness (QED) is 0.0222. The average Bonchev–Trinajstić information content (AvgIpc) is 3.68. The number of unbranched alkanes of at least 4 members (excludes halogenated alkanes) is 29. The molecule has 0 aromatic rings. The lowest BCUT2D eigenvalue weighted by molar-refractivity contribution is -0.161. The molecule has 0 heterocycles. The lowest BCUT2D eigenvalue weighted by Crippen LogP contribution is -2.30. The Bertz CT molecular complexity index is 1720. The zero-order valence-corrected chi connectivity index (χ0v) is 57.7. The predicted octanol–water partition coefficient (Wildman–Crippen LogP) is 18.5. The first-order chi connectivity index (χ1) is 41.1. The van der Waals surface area contributed by atoms with Crippen LogP contribution in [-0.4, -0.2) is 96.7 Å². The van der Waals surface area contributed by atoms with Crippen LogP contribution in [0.15, 0.2) is 0 Å². The fraction of sp³-hybridized carbons (Fsp3) is 0.940. The van der Waals surface area contributed by atoms with E-state index in [1.54, 1.807) is 0 Å². The Balaban J connectivity index is 5.26. The average molecular weight is 1270 g/mol. The summed E-state index contributed by atoms with van der Waals surface area (Å²) < 4.78 is 68.1. The van der Waals surface area contributed by atoms with Crippen molar-refractivity contribution in [3.63, 3.8) is 0 Å². The summed E-state index contributed by atoms with van der Waals surface area (Å²) in [6, 6.07) is 0. The third-order valence-corrected chi connectivity index (χ3v) is 17.6. The number of hydrogen-bond acceptors (Lipinski definition) is 15.